The Kier molecular flexibility index (Phi) is 81.3. The molecule has 0 aromatic carbocycles. The molecule has 0 aliphatic rings. The Morgan fingerprint density at radius 1 is 0.313 bits per heavy atom. The maximum atomic E-state index is 12.8. The molecular formula is C89H162NO8P. The molecule has 2 atom stereocenters. The SMILES string of the molecule is CC/C=C\C/C=C\C/C=C\C/C=C\C/C=C\C/C=C\C/C=C\C/C=C\CCCCCCCCCCCCCCC(=O)OC(COC(=O)CCCCCCCCCCCCCCCCCCCCCCCCCCCCCCCCCCCCCCCCCCC)COP(=O)(O)OCCN. The van der Waals surface area contributed by atoms with Gasteiger partial charge in [-0.3, -0.25) is 18.6 Å². The van der Waals surface area contributed by atoms with Crippen LogP contribution in [-0.4, -0.2) is 49.3 Å². The highest BCUT2D eigenvalue weighted by Gasteiger charge is 2.26. The molecule has 2 unspecified atom stereocenters. The predicted octanol–water partition coefficient (Wildman–Crippen LogP) is 29.0. The van der Waals surface area contributed by atoms with Crippen molar-refractivity contribution in [2.45, 2.75) is 431 Å². The van der Waals surface area contributed by atoms with Gasteiger partial charge in [0.05, 0.1) is 13.2 Å². The zero-order valence-electron chi connectivity index (χ0n) is 65.2. The molecule has 9 nitrogen and oxygen atoms in total. The van der Waals surface area contributed by atoms with Gasteiger partial charge in [0.25, 0.3) is 0 Å². The minimum absolute atomic E-state index is 0.0517. The van der Waals surface area contributed by atoms with Crippen LogP contribution in [0.2, 0.25) is 0 Å². The molecular weight excluding hydrogens is 1240 g/mol. The summed E-state index contributed by atoms with van der Waals surface area (Å²) in [5.41, 5.74) is 5.42. The van der Waals surface area contributed by atoms with Crippen LogP contribution in [-0.2, 0) is 32.7 Å². The standard InChI is InChI=1S/C89H162NO8P/c1-3-5-7-9-11-13-15-17-19-21-23-25-27-29-31-33-35-37-39-41-42-43-44-46-47-49-51-53-55-57-59-61-63-65-67-69-71-73-75-77-79-81-88(91)95-85-87(86-97-99(93,94)96-84-83-90)98-89(92)82-80-78-76-74-72-70-68-66-64-62-60-58-56-54-52-50-48-45-40-38-36-34-32-30-28-26-24-22-20-18-16-14-12-10-8-6-4-2/h6,8,12,14,18,20,24,26,30,32,36,38,45,48,52,54,87H,3-5,7,9-11,13,15-17,19,21-23,25,27-29,31,33-35,37,39-44,46-47,49-51,53,55-86,90H2,1-2H3,(H,93,94)/b8-6-,14-12-,20-18-,26-24-,32-30-,38-36-,48-45-,54-52-. The zero-order chi connectivity index (χ0) is 71.5. The largest absolute Gasteiger partial charge is 0.472 e. The average Bonchev–Trinajstić information content (AvgIpc) is 1.64. The fourth-order valence-corrected chi connectivity index (χ4v) is 13.5. The molecule has 0 fully saturated rings. The van der Waals surface area contributed by atoms with Crippen molar-refractivity contribution in [3.8, 4) is 0 Å². The van der Waals surface area contributed by atoms with Crippen molar-refractivity contribution in [1.82, 2.24) is 0 Å². The number of hydrogen-bond donors (Lipinski definition) is 2. The molecule has 576 valence electrons. The van der Waals surface area contributed by atoms with Crippen LogP contribution in [0.1, 0.15) is 425 Å². The van der Waals surface area contributed by atoms with E-state index in [-0.39, 0.29) is 38.6 Å². The molecule has 10 heteroatoms. The van der Waals surface area contributed by atoms with E-state index in [1.165, 1.54) is 302 Å². The first-order valence-electron chi connectivity index (χ1n) is 42.7. The van der Waals surface area contributed by atoms with Crippen molar-refractivity contribution in [3.05, 3.63) is 97.2 Å². The molecule has 0 aliphatic heterocycles. The highest BCUT2D eigenvalue weighted by molar-refractivity contribution is 7.47. The zero-order valence-corrected chi connectivity index (χ0v) is 66.1. The van der Waals surface area contributed by atoms with E-state index in [4.69, 9.17) is 24.3 Å². The molecule has 3 N–H and O–H groups in total. The number of unbranched alkanes of at least 4 members (excludes halogenated alkanes) is 52. The number of ether oxygens (including phenoxy) is 2. The van der Waals surface area contributed by atoms with Crippen LogP contribution in [0.4, 0.5) is 0 Å². The van der Waals surface area contributed by atoms with Crippen molar-refractivity contribution in [2.75, 3.05) is 26.4 Å². The van der Waals surface area contributed by atoms with Gasteiger partial charge in [0.15, 0.2) is 6.10 Å². The van der Waals surface area contributed by atoms with E-state index >= 15 is 0 Å². The Bertz CT molecular complexity index is 1950. The number of esters is 2. The molecule has 0 amide bonds. The van der Waals surface area contributed by atoms with E-state index in [1.54, 1.807) is 0 Å². The molecule has 0 saturated carbocycles. The molecule has 0 rings (SSSR count). The fourth-order valence-electron chi connectivity index (χ4n) is 12.7. The molecule has 0 saturated heterocycles. The molecule has 0 heterocycles. The maximum Gasteiger partial charge on any atom is 0.472 e. The molecule has 0 aromatic rings. The van der Waals surface area contributed by atoms with Crippen LogP contribution in [0.15, 0.2) is 97.2 Å². The number of phosphoric ester groups is 1. The van der Waals surface area contributed by atoms with Crippen molar-refractivity contribution in [2.24, 2.45) is 5.73 Å². The molecule has 0 aliphatic carbocycles. The van der Waals surface area contributed by atoms with Crippen molar-refractivity contribution in [1.29, 1.82) is 0 Å². The Balaban J connectivity index is 3.77. The molecule has 0 aromatic heterocycles. The molecule has 0 spiro atoms. The Morgan fingerprint density at radius 2 is 0.556 bits per heavy atom. The Hall–Kier alpha value is -3.07. The summed E-state index contributed by atoms with van der Waals surface area (Å²) in [7, 11) is -4.40. The lowest BCUT2D eigenvalue weighted by atomic mass is 10.0. The van der Waals surface area contributed by atoms with Crippen LogP contribution < -0.4 is 5.73 Å². The van der Waals surface area contributed by atoms with Crippen molar-refractivity contribution < 1.29 is 37.6 Å². The lowest BCUT2D eigenvalue weighted by Gasteiger charge is -2.19. The second-order valence-corrected chi connectivity index (χ2v) is 30.1. The first-order valence-corrected chi connectivity index (χ1v) is 44.2. The van der Waals surface area contributed by atoms with Gasteiger partial charge in [-0.2, -0.15) is 0 Å². The van der Waals surface area contributed by atoms with Crippen molar-refractivity contribution >= 4 is 19.8 Å². The smallest absolute Gasteiger partial charge is 0.462 e. The van der Waals surface area contributed by atoms with Crippen LogP contribution in [0.5, 0.6) is 0 Å². The second kappa shape index (κ2) is 83.9. The quantitative estimate of drug-likeness (QED) is 0.0264. The number of carbonyl (C=O) groups is 2. The normalized spacial score (nSPS) is 13.3. The van der Waals surface area contributed by atoms with E-state index in [0.717, 1.165) is 89.9 Å². The third-order valence-electron chi connectivity index (χ3n) is 19.0. The topological polar surface area (TPSA) is 134 Å². The Labute approximate surface area is 614 Å². The lowest BCUT2D eigenvalue weighted by molar-refractivity contribution is -0.161. The fraction of sp³-hybridized carbons (Fsp3) is 0.798. The summed E-state index contributed by atoms with van der Waals surface area (Å²) in [6.07, 6.45) is 116. The van der Waals surface area contributed by atoms with Crippen molar-refractivity contribution in [3.63, 3.8) is 0 Å². The van der Waals surface area contributed by atoms with Crippen LogP contribution in [0.3, 0.4) is 0 Å². The highest BCUT2D eigenvalue weighted by Crippen LogP contribution is 2.43. The first kappa shape index (κ1) is 95.9. The van der Waals surface area contributed by atoms with Crippen LogP contribution in [0.25, 0.3) is 0 Å². The molecule has 99 heavy (non-hydrogen) atoms. The van der Waals surface area contributed by atoms with Gasteiger partial charge in [0.2, 0.25) is 0 Å². The van der Waals surface area contributed by atoms with Gasteiger partial charge in [-0.1, -0.05) is 432 Å². The number of hydrogen-bond acceptors (Lipinski definition) is 8. The predicted molar refractivity (Wildman–Crippen MR) is 432 cm³/mol. The first-order chi connectivity index (χ1) is 48.8. The lowest BCUT2D eigenvalue weighted by Crippen LogP contribution is -2.29. The van der Waals surface area contributed by atoms with E-state index in [9.17, 15) is 19.0 Å². The summed E-state index contributed by atoms with van der Waals surface area (Å²) in [6, 6.07) is 0. The molecule has 0 radical (unpaired) electrons. The summed E-state index contributed by atoms with van der Waals surface area (Å²) >= 11 is 0. The highest BCUT2D eigenvalue weighted by atomic mass is 31.2. The number of allylic oxidation sites excluding steroid dienone is 16. The number of carbonyl (C=O) groups excluding carboxylic acids is 2. The van der Waals surface area contributed by atoms with E-state index in [1.807, 2.05) is 0 Å². The number of phosphoric acid groups is 1. The van der Waals surface area contributed by atoms with Gasteiger partial charge in [-0.05, 0) is 77.0 Å². The third kappa shape index (κ3) is 83.8. The van der Waals surface area contributed by atoms with Crippen LogP contribution >= 0.6 is 7.82 Å². The van der Waals surface area contributed by atoms with E-state index in [2.05, 4.69) is 111 Å². The monoisotopic (exact) mass is 1400 g/mol. The number of rotatable bonds is 81. The number of nitrogens with two attached hydrogens (primary N) is 1. The van der Waals surface area contributed by atoms with Gasteiger partial charge in [-0.15, -0.1) is 0 Å². The Morgan fingerprint density at radius 3 is 0.828 bits per heavy atom. The summed E-state index contributed by atoms with van der Waals surface area (Å²) in [4.78, 5) is 35.5. The summed E-state index contributed by atoms with van der Waals surface area (Å²) < 4.78 is 33.3. The minimum atomic E-state index is -4.40. The minimum Gasteiger partial charge on any atom is -0.462 e. The second-order valence-electron chi connectivity index (χ2n) is 28.7. The third-order valence-corrected chi connectivity index (χ3v) is 20.0. The van der Waals surface area contributed by atoms with Crippen LogP contribution in [0, 0.1) is 0 Å². The van der Waals surface area contributed by atoms with Gasteiger partial charge >= 0.3 is 19.8 Å². The summed E-state index contributed by atoms with van der Waals surface area (Å²) in [6.45, 7) is 3.69. The average molecular weight is 1410 g/mol. The van der Waals surface area contributed by atoms with E-state index in [0.29, 0.717) is 6.42 Å². The summed E-state index contributed by atoms with van der Waals surface area (Å²) in [5.74, 6) is -0.814. The summed E-state index contributed by atoms with van der Waals surface area (Å²) in [5, 5.41) is 0. The van der Waals surface area contributed by atoms with Gasteiger partial charge in [-0.25, -0.2) is 4.57 Å². The van der Waals surface area contributed by atoms with Gasteiger partial charge < -0.3 is 20.1 Å². The van der Waals surface area contributed by atoms with Gasteiger partial charge in [0.1, 0.15) is 6.61 Å². The van der Waals surface area contributed by atoms with E-state index < -0.39 is 26.5 Å². The maximum absolute atomic E-state index is 12.8. The van der Waals surface area contributed by atoms with Gasteiger partial charge in [0, 0.05) is 19.4 Å². The molecule has 0 bridgehead atoms.